The molecule has 1 aromatic carbocycles. The molecular weight excluding hydrogens is 308 g/mol. The molecule has 0 atom stereocenters. The minimum absolute atomic E-state index is 0.338. The Hall–Kier alpha value is -1.62. The molecular formula is C14H15BrN2O2. The van der Waals surface area contributed by atoms with Gasteiger partial charge in [-0.05, 0) is 40.0 Å². The number of aromatic nitrogens is 2. The van der Waals surface area contributed by atoms with Crippen LogP contribution in [0.15, 0.2) is 35.1 Å². The van der Waals surface area contributed by atoms with E-state index in [0.29, 0.717) is 17.5 Å². The van der Waals surface area contributed by atoms with Gasteiger partial charge in [-0.25, -0.2) is 9.97 Å². The van der Waals surface area contributed by atoms with Crippen molar-refractivity contribution in [3.8, 4) is 17.4 Å². The Morgan fingerprint density at radius 2 is 1.95 bits per heavy atom. The van der Waals surface area contributed by atoms with Crippen molar-refractivity contribution in [3.63, 3.8) is 0 Å². The lowest BCUT2D eigenvalue weighted by Crippen LogP contribution is -1.96. The summed E-state index contributed by atoms with van der Waals surface area (Å²) in [5.74, 6) is 2.33. The van der Waals surface area contributed by atoms with Gasteiger partial charge >= 0.3 is 0 Å². The SMILES string of the molecule is COc1ccc(Oc2cc(C(C)C)ncn2)c(Br)c1. The van der Waals surface area contributed by atoms with Crippen molar-refractivity contribution >= 4 is 15.9 Å². The van der Waals surface area contributed by atoms with Crippen LogP contribution in [-0.2, 0) is 0 Å². The van der Waals surface area contributed by atoms with Crippen LogP contribution in [0.2, 0.25) is 0 Å². The van der Waals surface area contributed by atoms with E-state index < -0.39 is 0 Å². The number of hydrogen-bond acceptors (Lipinski definition) is 4. The predicted octanol–water partition coefficient (Wildman–Crippen LogP) is 4.16. The minimum Gasteiger partial charge on any atom is -0.497 e. The summed E-state index contributed by atoms with van der Waals surface area (Å²) in [7, 11) is 1.63. The largest absolute Gasteiger partial charge is 0.497 e. The smallest absolute Gasteiger partial charge is 0.222 e. The molecule has 0 bridgehead atoms. The minimum atomic E-state index is 0.338. The third-order valence-corrected chi connectivity index (χ3v) is 3.23. The molecule has 0 fully saturated rings. The van der Waals surface area contributed by atoms with E-state index in [0.717, 1.165) is 15.9 Å². The van der Waals surface area contributed by atoms with E-state index in [1.54, 1.807) is 7.11 Å². The van der Waals surface area contributed by atoms with Crippen LogP contribution in [0.1, 0.15) is 25.5 Å². The van der Waals surface area contributed by atoms with E-state index in [2.05, 4.69) is 39.7 Å². The number of benzene rings is 1. The zero-order chi connectivity index (χ0) is 13.8. The third-order valence-electron chi connectivity index (χ3n) is 2.61. The van der Waals surface area contributed by atoms with Crippen molar-refractivity contribution in [1.29, 1.82) is 0 Å². The number of halogens is 1. The van der Waals surface area contributed by atoms with Gasteiger partial charge in [0.1, 0.15) is 17.8 Å². The molecule has 0 spiro atoms. The van der Waals surface area contributed by atoms with Gasteiger partial charge in [-0.2, -0.15) is 0 Å². The summed E-state index contributed by atoms with van der Waals surface area (Å²) in [6.07, 6.45) is 1.52. The Kier molecular flexibility index (Phi) is 4.37. The standard InChI is InChI=1S/C14H15BrN2O2/c1-9(2)12-7-14(17-8-16-12)19-13-5-4-10(18-3)6-11(13)15/h4-9H,1-3H3. The quantitative estimate of drug-likeness (QED) is 0.847. The molecule has 0 aliphatic heterocycles. The first-order valence-corrected chi connectivity index (χ1v) is 6.72. The maximum absolute atomic E-state index is 5.75. The predicted molar refractivity (Wildman–Crippen MR) is 76.9 cm³/mol. The van der Waals surface area contributed by atoms with Gasteiger partial charge in [-0.1, -0.05) is 13.8 Å². The van der Waals surface area contributed by atoms with Crippen LogP contribution in [0.3, 0.4) is 0 Å². The molecule has 0 radical (unpaired) electrons. The average Bonchev–Trinajstić information content (AvgIpc) is 2.41. The molecule has 0 saturated heterocycles. The fraction of sp³-hybridized carbons (Fsp3) is 0.286. The van der Waals surface area contributed by atoms with Gasteiger partial charge in [0.25, 0.3) is 0 Å². The molecule has 2 rings (SSSR count). The lowest BCUT2D eigenvalue weighted by molar-refractivity contribution is 0.411. The van der Waals surface area contributed by atoms with Crippen LogP contribution in [0, 0.1) is 0 Å². The highest BCUT2D eigenvalue weighted by Gasteiger charge is 2.08. The number of nitrogens with zero attached hydrogens (tertiary/aromatic N) is 2. The van der Waals surface area contributed by atoms with Gasteiger partial charge in [0.15, 0.2) is 0 Å². The topological polar surface area (TPSA) is 44.2 Å². The number of methoxy groups -OCH3 is 1. The Labute approximate surface area is 120 Å². The van der Waals surface area contributed by atoms with Crippen molar-refractivity contribution in [3.05, 3.63) is 40.8 Å². The first kappa shape index (κ1) is 13.8. The molecule has 1 heterocycles. The molecule has 0 N–H and O–H groups in total. The summed E-state index contributed by atoms with van der Waals surface area (Å²) in [4.78, 5) is 8.32. The summed E-state index contributed by atoms with van der Waals surface area (Å²) in [5, 5.41) is 0. The van der Waals surface area contributed by atoms with E-state index in [1.807, 2.05) is 24.3 Å². The molecule has 19 heavy (non-hydrogen) atoms. The Morgan fingerprint density at radius 1 is 1.16 bits per heavy atom. The van der Waals surface area contributed by atoms with Gasteiger partial charge in [-0.3, -0.25) is 0 Å². The maximum atomic E-state index is 5.75. The van der Waals surface area contributed by atoms with Crippen LogP contribution in [0.25, 0.3) is 0 Å². The third kappa shape index (κ3) is 3.44. The molecule has 100 valence electrons. The molecule has 0 saturated carbocycles. The Morgan fingerprint density at radius 3 is 2.58 bits per heavy atom. The first-order chi connectivity index (χ1) is 9.10. The lowest BCUT2D eigenvalue weighted by Gasteiger charge is -2.10. The number of hydrogen-bond donors (Lipinski definition) is 0. The van der Waals surface area contributed by atoms with Gasteiger partial charge in [0.05, 0.1) is 17.3 Å². The van der Waals surface area contributed by atoms with Gasteiger partial charge in [-0.15, -0.1) is 0 Å². The van der Waals surface area contributed by atoms with Crippen LogP contribution in [0.4, 0.5) is 0 Å². The lowest BCUT2D eigenvalue weighted by atomic mass is 10.1. The van der Waals surface area contributed by atoms with Crippen molar-refractivity contribution in [1.82, 2.24) is 9.97 Å². The highest BCUT2D eigenvalue weighted by Crippen LogP contribution is 2.32. The van der Waals surface area contributed by atoms with Crippen LogP contribution in [0.5, 0.6) is 17.4 Å². The zero-order valence-electron chi connectivity index (χ0n) is 11.1. The maximum Gasteiger partial charge on any atom is 0.222 e. The molecule has 0 amide bonds. The number of ether oxygens (including phenoxy) is 2. The molecule has 0 aliphatic rings. The Bertz CT molecular complexity index is 573. The average molecular weight is 323 g/mol. The molecule has 2 aromatic rings. The normalized spacial score (nSPS) is 10.6. The molecule has 5 heteroatoms. The second-order valence-corrected chi connectivity index (χ2v) is 5.19. The fourth-order valence-corrected chi connectivity index (χ4v) is 1.97. The summed E-state index contributed by atoms with van der Waals surface area (Å²) in [6, 6.07) is 7.37. The summed E-state index contributed by atoms with van der Waals surface area (Å²) >= 11 is 3.44. The molecule has 4 nitrogen and oxygen atoms in total. The van der Waals surface area contributed by atoms with Crippen molar-refractivity contribution in [2.24, 2.45) is 0 Å². The van der Waals surface area contributed by atoms with Crippen molar-refractivity contribution < 1.29 is 9.47 Å². The second kappa shape index (κ2) is 6.02. The van der Waals surface area contributed by atoms with Gasteiger partial charge in [0, 0.05) is 6.07 Å². The van der Waals surface area contributed by atoms with E-state index in [9.17, 15) is 0 Å². The van der Waals surface area contributed by atoms with Crippen LogP contribution >= 0.6 is 15.9 Å². The van der Waals surface area contributed by atoms with E-state index >= 15 is 0 Å². The van der Waals surface area contributed by atoms with Gasteiger partial charge in [0.2, 0.25) is 5.88 Å². The molecule has 0 unspecified atom stereocenters. The molecule has 0 aliphatic carbocycles. The van der Waals surface area contributed by atoms with E-state index in [-0.39, 0.29) is 0 Å². The fourth-order valence-electron chi connectivity index (χ4n) is 1.53. The van der Waals surface area contributed by atoms with Gasteiger partial charge < -0.3 is 9.47 Å². The van der Waals surface area contributed by atoms with E-state index in [4.69, 9.17) is 9.47 Å². The first-order valence-electron chi connectivity index (χ1n) is 5.93. The highest BCUT2D eigenvalue weighted by atomic mass is 79.9. The highest BCUT2D eigenvalue weighted by molar-refractivity contribution is 9.10. The zero-order valence-corrected chi connectivity index (χ0v) is 12.6. The summed E-state index contributed by atoms with van der Waals surface area (Å²) < 4.78 is 11.7. The monoisotopic (exact) mass is 322 g/mol. The summed E-state index contributed by atoms with van der Waals surface area (Å²) in [5.41, 5.74) is 0.953. The van der Waals surface area contributed by atoms with E-state index in [1.165, 1.54) is 6.33 Å². The second-order valence-electron chi connectivity index (χ2n) is 4.33. The van der Waals surface area contributed by atoms with Crippen molar-refractivity contribution in [2.75, 3.05) is 7.11 Å². The summed E-state index contributed by atoms with van der Waals surface area (Å²) in [6.45, 7) is 4.16. The Balaban J connectivity index is 2.23. The molecule has 1 aromatic heterocycles. The van der Waals surface area contributed by atoms with Crippen LogP contribution in [-0.4, -0.2) is 17.1 Å². The number of rotatable bonds is 4. The van der Waals surface area contributed by atoms with Crippen LogP contribution < -0.4 is 9.47 Å². The van der Waals surface area contributed by atoms with Crippen molar-refractivity contribution in [2.45, 2.75) is 19.8 Å².